The van der Waals surface area contributed by atoms with E-state index < -0.39 is 0 Å². The molecule has 4 N–H and O–H groups in total. The number of anilines is 2. The van der Waals surface area contributed by atoms with Crippen LogP contribution in [0.2, 0.25) is 0 Å². The first-order chi connectivity index (χ1) is 13.5. The summed E-state index contributed by atoms with van der Waals surface area (Å²) in [6.07, 6.45) is 1.60. The number of ether oxygens (including phenoxy) is 1. The number of benzene rings is 1. The lowest BCUT2D eigenvalue weighted by atomic mass is 10.1. The Bertz CT molecular complexity index is 1170. The summed E-state index contributed by atoms with van der Waals surface area (Å²) in [4.78, 5) is 22.0. The van der Waals surface area contributed by atoms with Crippen LogP contribution in [-0.2, 0) is 0 Å². The van der Waals surface area contributed by atoms with Crippen molar-refractivity contribution in [1.82, 2.24) is 29.5 Å². The van der Waals surface area contributed by atoms with E-state index in [1.54, 1.807) is 19.4 Å². The summed E-state index contributed by atoms with van der Waals surface area (Å²) in [6.45, 7) is 4.08. The summed E-state index contributed by atoms with van der Waals surface area (Å²) in [5.74, 6) is 1.69. The predicted molar refractivity (Wildman–Crippen MR) is 108 cm³/mol. The van der Waals surface area contributed by atoms with Crippen LogP contribution in [-0.4, -0.2) is 36.6 Å². The Kier molecular flexibility index (Phi) is 4.26. The van der Waals surface area contributed by atoms with Crippen molar-refractivity contribution in [2.24, 2.45) is 0 Å². The quantitative estimate of drug-likeness (QED) is 0.556. The maximum atomic E-state index is 6.03. The van der Waals surface area contributed by atoms with Crippen molar-refractivity contribution in [1.29, 1.82) is 0 Å². The first-order valence-electron chi connectivity index (χ1n) is 8.76. The van der Waals surface area contributed by atoms with Gasteiger partial charge in [-0.2, -0.15) is 4.98 Å². The molecule has 0 atom stereocenters. The lowest BCUT2D eigenvalue weighted by molar-refractivity contribution is 0.415. The molecule has 4 rings (SSSR count). The average Bonchev–Trinajstić information content (AvgIpc) is 3.07. The van der Waals surface area contributed by atoms with E-state index in [0.717, 1.165) is 11.3 Å². The zero-order valence-corrected chi connectivity index (χ0v) is 15.8. The van der Waals surface area contributed by atoms with E-state index in [1.807, 2.05) is 42.7 Å². The lowest BCUT2D eigenvalue weighted by Gasteiger charge is -2.12. The topological polar surface area (TPSA) is 131 Å². The molecule has 1 aromatic carbocycles. The zero-order valence-electron chi connectivity index (χ0n) is 15.8. The van der Waals surface area contributed by atoms with E-state index in [1.165, 1.54) is 0 Å². The SMILES string of the molecule is COc1cccc(-c2nc(N)nc3c2nc(-c2ccnc(N)n2)n3C(C)C)c1. The molecule has 0 aliphatic heterocycles. The minimum Gasteiger partial charge on any atom is -0.497 e. The summed E-state index contributed by atoms with van der Waals surface area (Å²) in [6, 6.07) is 9.40. The summed E-state index contributed by atoms with van der Waals surface area (Å²) >= 11 is 0. The summed E-state index contributed by atoms with van der Waals surface area (Å²) < 4.78 is 7.31. The number of hydrogen-bond donors (Lipinski definition) is 2. The van der Waals surface area contributed by atoms with Crippen molar-refractivity contribution in [2.75, 3.05) is 18.6 Å². The molecule has 0 fully saturated rings. The molecule has 4 aromatic rings. The van der Waals surface area contributed by atoms with E-state index in [9.17, 15) is 0 Å². The fourth-order valence-corrected chi connectivity index (χ4v) is 3.13. The van der Waals surface area contributed by atoms with Gasteiger partial charge in [-0.15, -0.1) is 0 Å². The number of nitrogens with two attached hydrogens (primary N) is 2. The van der Waals surface area contributed by atoms with Gasteiger partial charge in [-0.05, 0) is 32.0 Å². The van der Waals surface area contributed by atoms with Gasteiger partial charge in [0.1, 0.15) is 22.7 Å². The van der Waals surface area contributed by atoms with Crippen LogP contribution >= 0.6 is 0 Å². The Morgan fingerprint density at radius 2 is 1.82 bits per heavy atom. The van der Waals surface area contributed by atoms with Crippen molar-refractivity contribution >= 4 is 23.1 Å². The number of methoxy groups -OCH3 is 1. The van der Waals surface area contributed by atoms with Crippen LogP contribution in [0.15, 0.2) is 36.5 Å². The standard InChI is InChI=1S/C19H20N8O/c1-10(2)27-16(13-7-8-22-18(20)23-13)24-15-14(25-19(21)26-17(15)27)11-5-4-6-12(9-11)28-3/h4-10H,1-3H3,(H2,20,22,23)(H2,21,25,26). The first-order valence-corrected chi connectivity index (χ1v) is 8.76. The maximum Gasteiger partial charge on any atom is 0.222 e. The Labute approximate surface area is 161 Å². The average molecular weight is 376 g/mol. The maximum absolute atomic E-state index is 6.03. The molecule has 9 heteroatoms. The van der Waals surface area contributed by atoms with E-state index in [0.29, 0.717) is 28.4 Å². The Morgan fingerprint density at radius 1 is 1.00 bits per heavy atom. The first kappa shape index (κ1) is 17.7. The number of hydrogen-bond acceptors (Lipinski definition) is 8. The molecule has 0 saturated carbocycles. The predicted octanol–water partition coefficient (Wildman–Crippen LogP) is 2.70. The van der Waals surface area contributed by atoms with Crippen molar-refractivity contribution in [3.05, 3.63) is 36.5 Å². The summed E-state index contributed by atoms with van der Waals surface area (Å²) in [7, 11) is 1.62. The Morgan fingerprint density at radius 3 is 2.54 bits per heavy atom. The van der Waals surface area contributed by atoms with Crippen LogP contribution in [0.25, 0.3) is 33.9 Å². The third-order valence-electron chi connectivity index (χ3n) is 4.32. The molecule has 0 bridgehead atoms. The van der Waals surface area contributed by atoms with Crippen LogP contribution in [0.4, 0.5) is 11.9 Å². The van der Waals surface area contributed by atoms with Crippen LogP contribution in [0.5, 0.6) is 5.75 Å². The van der Waals surface area contributed by atoms with E-state index in [-0.39, 0.29) is 17.9 Å². The number of fused-ring (bicyclic) bond motifs is 1. The normalized spacial score (nSPS) is 11.3. The molecule has 0 saturated heterocycles. The smallest absolute Gasteiger partial charge is 0.222 e. The van der Waals surface area contributed by atoms with Gasteiger partial charge in [0.15, 0.2) is 11.5 Å². The van der Waals surface area contributed by atoms with Gasteiger partial charge in [0.2, 0.25) is 11.9 Å². The van der Waals surface area contributed by atoms with Gasteiger partial charge in [0.05, 0.1) is 7.11 Å². The van der Waals surface area contributed by atoms with Crippen molar-refractivity contribution in [2.45, 2.75) is 19.9 Å². The van der Waals surface area contributed by atoms with Crippen LogP contribution in [0, 0.1) is 0 Å². The lowest BCUT2D eigenvalue weighted by Crippen LogP contribution is -2.07. The highest BCUT2D eigenvalue weighted by Gasteiger charge is 2.22. The molecule has 28 heavy (non-hydrogen) atoms. The second-order valence-corrected chi connectivity index (χ2v) is 6.53. The summed E-state index contributed by atoms with van der Waals surface area (Å²) in [5, 5.41) is 0. The highest BCUT2D eigenvalue weighted by molar-refractivity contribution is 5.91. The molecule has 3 heterocycles. The molecule has 0 spiro atoms. The molecule has 0 unspecified atom stereocenters. The second kappa shape index (κ2) is 6.76. The Balaban J connectivity index is 2.04. The van der Waals surface area contributed by atoms with Gasteiger partial charge in [-0.3, -0.25) is 0 Å². The number of aromatic nitrogens is 6. The zero-order chi connectivity index (χ0) is 19.8. The van der Waals surface area contributed by atoms with Crippen molar-refractivity contribution in [3.8, 4) is 28.5 Å². The van der Waals surface area contributed by atoms with Crippen LogP contribution in [0.3, 0.4) is 0 Å². The molecule has 0 amide bonds. The third kappa shape index (κ3) is 2.96. The van der Waals surface area contributed by atoms with Crippen LogP contribution in [0.1, 0.15) is 19.9 Å². The van der Waals surface area contributed by atoms with Crippen LogP contribution < -0.4 is 16.2 Å². The molecule has 3 aromatic heterocycles. The van der Waals surface area contributed by atoms with Crippen molar-refractivity contribution in [3.63, 3.8) is 0 Å². The molecular weight excluding hydrogens is 356 g/mol. The summed E-state index contributed by atoms with van der Waals surface area (Å²) in [5.41, 5.74) is 15.1. The Hall–Kier alpha value is -3.75. The van der Waals surface area contributed by atoms with E-state index in [2.05, 4.69) is 19.9 Å². The molecule has 142 valence electrons. The van der Waals surface area contributed by atoms with Gasteiger partial charge in [-0.25, -0.2) is 19.9 Å². The molecule has 0 radical (unpaired) electrons. The largest absolute Gasteiger partial charge is 0.497 e. The fourth-order valence-electron chi connectivity index (χ4n) is 3.13. The molecule has 9 nitrogen and oxygen atoms in total. The fraction of sp³-hybridized carbons (Fsp3) is 0.211. The minimum absolute atomic E-state index is 0.0589. The van der Waals surface area contributed by atoms with Gasteiger partial charge in [-0.1, -0.05) is 12.1 Å². The monoisotopic (exact) mass is 376 g/mol. The second-order valence-electron chi connectivity index (χ2n) is 6.53. The highest BCUT2D eigenvalue weighted by atomic mass is 16.5. The van der Waals surface area contributed by atoms with E-state index in [4.69, 9.17) is 21.2 Å². The van der Waals surface area contributed by atoms with Gasteiger partial charge >= 0.3 is 0 Å². The van der Waals surface area contributed by atoms with Gasteiger partial charge < -0.3 is 20.8 Å². The third-order valence-corrected chi connectivity index (χ3v) is 4.32. The van der Waals surface area contributed by atoms with Crippen molar-refractivity contribution < 1.29 is 4.74 Å². The van der Waals surface area contributed by atoms with Gasteiger partial charge in [0.25, 0.3) is 0 Å². The van der Waals surface area contributed by atoms with Gasteiger partial charge in [0, 0.05) is 17.8 Å². The number of nitrogen functional groups attached to an aromatic ring is 2. The number of rotatable bonds is 4. The molecule has 0 aliphatic rings. The molecular formula is C19H20N8O. The van der Waals surface area contributed by atoms with E-state index >= 15 is 0 Å². The highest BCUT2D eigenvalue weighted by Crippen LogP contribution is 2.33. The molecule has 0 aliphatic carbocycles. The number of nitrogens with zero attached hydrogens (tertiary/aromatic N) is 6. The number of imidazole rings is 1. The minimum atomic E-state index is 0.0589.